The van der Waals surface area contributed by atoms with Gasteiger partial charge in [-0.05, 0) is 25.1 Å². The first-order chi connectivity index (χ1) is 16.7. The quantitative estimate of drug-likeness (QED) is 0.311. The van der Waals surface area contributed by atoms with E-state index in [1.54, 1.807) is 6.21 Å². The maximum Gasteiger partial charge on any atom is 0.177 e. The number of H-pyrrole nitrogens is 1. The van der Waals surface area contributed by atoms with Gasteiger partial charge in [0.2, 0.25) is 0 Å². The van der Waals surface area contributed by atoms with Crippen LogP contribution < -0.4 is 10.3 Å². The molecule has 5 aromatic rings. The SMILES string of the molecule is Cc1ccc(-c2cn3nc(N/N=C\c4c[nH]c5ccccc45)cc(N4CCOCC4)c3n2)cn1. The van der Waals surface area contributed by atoms with Crippen LogP contribution in [0.4, 0.5) is 11.5 Å². The molecule has 0 amide bonds. The third-order valence-corrected chi connectivity index (χ3v) is 5.97. The van der Waals surface area contributed by atoms with Crippen LogP contribution in [0.1, 0.15) is 11.3 Å². The summed E-state index contributed by atoms with van der Waals surface area (Å²) in [7, 11) is 0. The zero-order chi connectivity index (χ0) is 22.9. The Kier molecular flexibility index (Phi) is 5.15. The summed E-state index contributed by atoms with van der Waals surface area (Å²) in [5.74, 6) is 0.635. The largest absolute Gasteiger partial charge is 0.378 e. The van der Waals surface area contributed by atoms with Crippen molar-refractivity contribution in [3.05, 3.63) is 72.3 Å². The smallest absolute Gasteiger partial charge is 0.177 e. The Hall–Kier alpha value is -4.24. The number of nitrogens with one attached hydrogen (secondary N) is 2. The zero-order valence-electron chi connectivity index (χ0n) is 18.8. The lowest BCUT2D eigenvalue weighted by Gasteiger charge is -2.29. The van der Waals surface area contributed by atoms with Crippen LogP contribution in [0.3, 0.4) is 0 Å². The standard InChI is InChI=1S/C25H24N8O/c1-17-6-7-18(13-26-17)22-16-33-25(29-22)23(32-8-10-34-11-9-32)12-24(31-33)30-28-15-19-14-27-21-5-3-2-4-20(19)21/h2-7,12-16,27H,8-11H2,1H3,(H,30,31)/b28-15-. The summed E-state index contributed by atoms with van der Waals surface area (Å²) in [6, 6.07) is 14.2. The molecule has 0 atom stereocenters. The highest BCUT2D eigenvalue weighted by molar-refractivity contribution is 5.99. The molecule has 0 spiro atoms. The molecule has 1 aliphatic rings. The minimum absolute atomic E-state index is 0.635. The highest BCUT2D eigenvalue weighted by atomic mass is 16.5. The number of rotatable bonds is 5. The summed E-state index contributed by atoms with van der Waals surface area (Å²) in [5.41, 5.74) is 9.73. The average molecular weight is 453 g/mol. The predicted molar refractivity (Wildman–Crippen MR) is 134 cm³/mol. The Bertz CT molecular complexity index is 1480. The number of hydrogen-bond donors (Lipinski definition) is 2. The molecule has 9 heteroatoms. The summed E-state index contributed by atoms with van der Waals surface area (Å²) < 4.78 is 7.36. The van der Waals surface area contributed by atoms with E-state index in [1.807, 2.05) is 66.4 Å². The highest BCUT2D eigenvalue weighted by Gasteiger charge is 2.19. The average Bonchev–Trinajstić information content (AvgIpc) is 3.49. The molecule has 1 saturated heterocycles. The molecule has 0 radical (unpaired) electrons. The summed E-state index contributed by atoms with van der Waals surface area (Å²) in [4.78, 5) is 14.8. The van der Waals surface area contributed by atoms with Gasteiger partial charge in [0.1, 0.15) is 0 Å². The first kappa shape index (κ1) is 20.4. The van der Waals surface area contributed by atoms with Crippen molar-refractivity contribution in [3.63, 3.8) is 0 Å². The molecule has 170 valence electrons. The van der Waals surface area contributed by atoms with E-state index in [2.05, 4.69) is 31.5 Å². The van der Waals surface area contributed by atoms with E-state index >= 15 is 0 Å². The summed E-state index contributed by atoms with van der Waals surface area (Å²) in [5, 5.41) is 10.3. The van der Waals surface area contributed by atoms with Crippen LogP contribution in [0, 0.1) is 6.92 Å². The molecule has 0 aliphatic carbocycles. The fourth-order valence-electron chi connectivity index (χ4n) is 4.18. The summed E-state index contributed by atoms with van der Waals surface area (Å²) >= 11 is 0. The number of aryl methyl sites for hydroxylation is 1. The Morgan fingerprint density at radius 2 is 2.03 bits per heavy atom. The Balaban J connectivity index is 1.36. The van der Waals surface area contributed by atoms with Gasteiger partial charge in [0.25, 0.3) is 0 Å². The van der Waals surface area contributed by atoms with Gasteiger partial charge in [-0.3, -0.25) is 10.4 Å². The maximum absolute atomic E-state index is 5.56. The number of morpholine rings is 1. The number of nitrogens with zero attached hydrogens (tertiary/aromatic N) is 6. The zero-order valence-corrected chi connectivity index (χ0v) is 18.8. The van der Waals surface area contributed by atoms with Gasteiger partial charge in [0, 0.05) is 59.3 Å². The van der Waals surface area contributed by atoms with Gasteiger partial charge < -0.3 is 14.6 Å². The number of fused-ring (bicyclic) bond motifs is 2. The molecule has 0 saturated carbocycles. The number of benzene rings is 1. The van der Waals surface area contributed by atoms with Gasteiger partial charge in [-0.2, -0.15) is 5.10 Å². The minimum Gasteiger partial charge on any atom is -0.378 e. The fourth-order valence-corrected chi connectivity index (χ4v) is 4.18. The molecule has 34 heavy (non-hydrogen) atoms. The van der Waals surface area contributed by atoms with Crippen molar-refractivity contribution in [1.82, 2.24) is 24.6 Å². The second-order valence-corrected chi connectivity index (χ2v) is 8.26. The third kappa shape index (κ3) is 3.86. The number of ether oxygens (including phenoxy) is 1. The van der Waals surface area contributed by atoms with E-state index in [0.29, 0.717) is 19.0 Å². The summed E-state index contributed by atoms with van der Waals surface area (Å²) in [6.07, 6.45) is 7.52. The van der Waals surface area contributed by atoms with Crippen molar-refractivity contribution in [2.45, 2.75) is 6.92 Å². The number of anilines is 2. The van der Waals surface area contributed by atoms with Crippen LogP contribution in [0.2, 0.25) is 0 Å². The van der Waals surface area contributed by atoms with E-state index in [9.17, 15) is 0 Å². The lowest BCUT2D eigenvalue weighted by atomic mass is 10.2. The van der Waals surface area contributed by atoms with Crippen molar-refractivity contribution < 1.29 is 4.74 Å². The molecule has 4 aromatic heterocycles. The number of pyridine rings is 1. The van der Waals surface area contributed by atoms with Crippen molar-refractivity contribution >= 4 is 34.3 Å². The van der Waals surface area contributed by atoms with E-state index in [4.69, 9.17) is 14.8 Å². The lowest BCUT2D eigenvalue weighted by molar-refractivity contribution is 0.123. The van der Waals surface area contributed by atoms with Crippen molar-refractivity contribution in [1.29, 1.82) is 0 Å². The van der Waals surface area contributed by atoms with Crippen molar-refractivity contribution in [2.24, 2.45) is 5.10 Å². The van der Waals surface area contributed by atoms with Crippen LogP contribution in [-0.4, -0.2) is 57.1 Å². The molecule has 2 N–H and O–H groups in total. The Morgan fingerprint density at radius 1 is 1.15 bits per heavy atom. The van der Waals surface area contributed by atoms with Crippen molar-refractivity contribution in [2.75, 3.05) is 36.6 Å². The predicted octanol–water partition coefficient (Wildman–Crippen LogP) is 3.86. The normalized spacial score (nSPS) is 14.4. The van der Waals surface area contributed by atoms with E-state index < -0.39 is 0 Å². The van der Waals surface area contributed by atoms with Crippen molar-refractivity contribution in [3.8, 4) is 11.3 Å². The topological polar surface area (TPSA) is 95.7 Å². The molecular weight excluding hydrogens is 428 g/mol. The molecule has 1 fully saturated rings. The van der Waals surface area contributed by atoms with Gasteiger partial charge in [0.05, 0.1) is 37.0 Å². The van der Waals surface area contributed by atoms with Gasteiger partial charge in [-0.25, -0.2) is 9.50 Å². The van der Waals surface area contributed by atoms with Crippen LogP contribution in [0.15, 0.2) is 66.2 Å². The molecular formula is C25H24N8O. The first-order valence-electron chi connectivity index (χ1n) is 11.3. The number of hydrazone groups is 1. The van der Waals surface area contributed by atoms with Gasteiger partial charge in [-0.1, -0.05) is 18.2 Å². The highest BCUT2D eigenvalue weighted by Crippen LogP contribution is 2.28. The van der Waals surface area contributed by atoms with Crippen LogP contribution >= 0.6 is 0 Å². The number of imidazole rings is 1. The number of hydrogen-bond acceptors (Lipinski definition) is 7. The van der Waals surface area contributed by atoms with Gasteiger partial charge >= 0.3 is 0 Å². The second-order valence-electron chi connectivity index (χ2n) is 8.26. The maximum atomic E-state index is 5.56. The molecule has 6 rings (SSSR count). The number of para-hydroxylation sites is 1. The van der Waals surface area contributed by atoms with Gasteiger partial charge in [-0.15, -0.1) is 5.10 Å². The fraction of sp³-hybridized carbons (Fsp3) is 0.200. The molecule has 0 bridgehead atoms. The lowest BCUT2D eigenvalue weighted by Crippen LogP contribution is -2.36. The monoisotopic (exact) mass is 452 g/mol. The molecule has 5 heterocycles. The first-order valence-corrected chi connectivity index (χ1v) is 11.3. The Labute approximate surface area is 196 Å². The second kappa shape index (κ2) is 8.60. The van der Waals surface area contributed by atoms with Gasteiger partial charge in [0.15, 0.2) is 11.5 Å². The molecule has 0 unspecified atom stereocenters. The third-order valence-electron chi connectivity index (χ3n) is 5.97. The molecule has 9 nitrogen and oxygen atoms in total. The minimum atomic E-state index is 0.635. The number of aromatic nitrogens is 5. The number of aromatic amines is 1. The van der Waals surface area contributed by atoms with Crippen LogP contribution in [0.25, 0.3) is 27.8 Å². The Morgan fingerprint density at radius 3 is 2.88 bits per heavy atom. The van der Waals surface area contributed by atoms with E-state index in [1.165, 1.54) is 0 Å². The summed E-state index contributed by atoms with van der Waals surface area (Å²) in [6.45, 7) is 4.94. The van der Waals surface area contributed by atoms with E-state index in [-0.39, 0.29) is 0 Å². The van der Waals surface area contributed by atoms with Crippen LogP contribution in [0.5, 0.6) is 0 Å². The van der Waals surface area contributed by atoms with Crippen LogP contribution in [-0.2, 0) is 4.74 Å². The van der Waals surface area contributed by atoms with E-state index in [0.717, 1.165) is 57.8 Å². The molecule has 1 aromatic carbocycles. The molecule has 1 aliphatic heterocycles.